The minimum absolute atomic E-state index is 0.218. The Balaban J connectivity index is 1.96. The van der Waals surface area contributed by atoms with Crippen molar-refractivity contribution in [2.45, 2.75) is 6.92 Å². The zero-order chi connectivity index (χ0) is 14.8. The van der Waals surface area contributed by atoms with E-state index in [1.165, 1.54) is 12.1 Å². The van der Waals surface area contributed by atoms with Crippen molar-refractivity contribution in [1.82, 2.24) is 0 Å². The Morgan fingerprint density at radius 1 is 1.19 bits per heavy atom. The quantitative estimate of drug-likeness (QED) is 0.872. The number of benzene rings is 2. The molecule has 0 fully saturated rings. The molecule has 3 nitrogen and oxygen atoms in total. The van der Waals surface area contributed by atoms with Gasteiger partial charge in [-0.2, -0.15) is 0 Å². The molecule has 2 aromatic rings. The molecule has 0 saturated heterocycles. The molecule has 106 valence electrons. The van der Waals surface area contributed by atoms with Gasteiger partial charge in [-0.25, -0.2) is 4.39 Å². The van der Waals surface area contributed by atoms with E-state index in [2.05, 4.69) is 5.32 Å². The molecule has 2 aromatic carbocycles. The van der Waals surface area contributed by atoms with E-state index in [1.807, 2.05) is 31.2 Å². The van der Waals surface area contributed by atoms with Gasteiger partial charge >= 0.3 is 0 Å². The Morgan fingerprint density at radius 2 is 1.95 bits per heavy atom. The van der Waals surface area contributed by atoms with Crippen LogP contribution >= 0.6 is 0 Å². The first-order valence-electron chi connectivity index (χ1n) is 6.73. The lowest BCUT2D eigenvalue weighted by Gasteiger charge is -2.03. The Bertz CT molecular complexity index is 720. The summed E-state index contributed by atoms with van der Waals surface area (Å²) in [6.07, 6.45) is 1.75. The minimum Gasteiger partial charge on any atom is -0.494 e. The van der Waals surface area contributed by atoms with Crippen molar-refractivity contribution in [1.29, 1.82) is 0 Å². The van der Waals surface area contributed by atoms with Crippen LogP contribution in [0.25, 0.3) is 11.6 Å². The van der Waals surface area contributed by atoms with E-state index in [0.717, 1.165) is 11.3 Å². The molecule has 0 saturated carbocycles. The number of hydrogen-bond acceptors (Lipinski definition) is 2. The average molecular weight is 283 g/mol. The number of amides is 1. The summed E-state index contributed by atoms with van der Waals surface area (Å²) in [6.45, 7) is 2.53. The standard InChI is InChI=1S/C17H14FNO2/c1-2-21-13-6-3-11(4-7-13)9-15-14-10-12(18)5-8-16(14)19-17(15)20/h3-10H,2H2,1H3,(H,19,20)/b15-9-. The van der Waals surface area contributed by atoms with E-state index in [0.29, 0.717) is 23.4 Å². The molecule has 0 bridgehead atoms. The number of ether oxygens (including phenoxy) is 1. The number of hydrogen-bond donors (Lipinski definition) is 1. The van der Waals surface area contributed by atoms with Crippen LogP contribution in [0.1, 0.15) is 18.1 Å². The van der Waals surface area contributed by atoms with Gasteiger partial charge < -0.3 is 10.1 Å². The Labute approximate surface area is 122 Å². The number of fused-ring (bicyclic) bond motifs is 1. The maximum Gasteiger partial charge on any atom is 0.256 e. The molecule has 21 heavy (non-hydrogen) atoms. The molecule has 0 unspecified atom stereocenters. The number of carbonyl (C=O) groups excluding carboxylic acids is 1. The van der Waals surface area contributed by atoms with Crippen molar-refractivity contribution in [2.24, 2.45) is 0 Å². The van der Waals surface area contributed by atoms with Crippen LogP contribution in [0.3, 0.4) is 0 Å². The van der Waals surface area contributed by atoms with Gasteiger partial charge in [-0.05, 0) is 48.9 Å². The Hall–Kier alpha value is -2.62. The van der Waals surface area contributed by atoms with Gasteiger partial charge in [0, 0.05) is 16.8 Å². The number of halogens is 1. The summed E-state index contributed by atoms with van der Waals surface area (Å²) in [5.74, 6) is 0.203. The van der Waals surface area contributed by atoms with E-state index in [9.17, 15) is 9.18 Å². The van der Waals surface area contributed by atoms with E-state index < -0.39 is 0 Å². The molecule has 1 aliphatic rings. The van der Waals surface area contributed by atoms with Gasteiger partial charge in [0.25, 0.3) is 5.91 Å². The van der Waals surface area contributed by atoms with Crippen LogP contribution < -0.4 is 10.1 Å². The van der Waals surface area contributed by atoms with Gasteiger partial charge in [0.2, 0.25) is 0 Å². The lowest BCUT2D eigenvalue weighted by atomic mass is 10.0. The van der Waals surface area contributed by atoms with Crippen LogP contribution in [0.5, 0.6) is 5.75 Å². The normalized spacial score (nSPS) is 15.0. The third-order valence-electron chi connectivity index (χ3n) is 3.27. The lowest BCUT2D eigenvalue weighted by Crippen LogP contribution is -2.03. The third-order valence-corrected chi connectivity index (χ3v) is 3.27. The first kappa shape index (κ1) is 13.4. The molecular weight excluding hydrogens is 269 g/mol. The SMILES string of the molecule is CCOc1ccc(/C=C2\C(=O)Nc3ccc(F)cc32)cc1. The van der Waals surface area contributed by atoms with E-state index in [-0.39, 0.29) is 11.7 Å². The fourth-order valence-corrected chi connectivity index (χ4v) is 2.30. The molecule has 0 aliphatic carbocycles. The molecule has 1 amide bonds. The van der Waals surface area contributed by atoms with Crippen LogP contribution in [-0.2, 0) is 4.79 Å². The molecule has 1 aliphatic heterocycles. The summed E-state index contributed by atoms with van der Waals surface area (Å²) in [6, 6.07) is 11.7. The van der Waals surface area contributed by atoms with Gasteiger partial charge in [-0.3, -0.25) is 4.79 Å². The molecular formula is C17H14FNO2. The second-order valence-corrected chi connectivity index (χ2v) is 4.70. The maximum atomic E-state index is 13.4. The van der Waals surface area contributed by atoms with Gasteiger partial charge in [-0.1, -0.05) is 12.1 Å². The van der Waals surface area contributed by atoms with Crippen LogP contribution in [0.2, 0.25) is 0 Å². The smallest absolute Gasteiger partial charge is 0.256 e. The van der Waals surface area contributed by atoms with Gasteiger partial charge in [0.15, 0.2) is 0 Å². The first-order valence-corrected chi connectivity index (χ1v) is 6.73. The van der Waals surface area contributed by atoms with Crippen molar-refractivity contribution in [3.63, 3.8) is 0 Å². The molecule has 0 spiro atoms. The molecule has 1 N–H and O–H groups in total. The van der Waals surface area contributed by atoms with Crippen molar-refractivity contribution >= 4 is 23.2 Å². The number of nitrogens with one attached hydrogen (secondary N) is 1. The summed E-state index contributed by atoms with van der Waals surface area (Å²) in [4.78, 5) is 12.0. The molecule has 0 atom stereocenters. The third kappa shape index (κ3) is 2.65. The summed E-state index contributed by atoms with van der Waals surface area (Å²) >= 11 is 0. The minimum atomic E-state index is -0.358. The van der Waals surface area contributed by atoms with Crippen molar-refractivity contribution in [3.05, 3.63) is 59.4 Å². The van der Waals surface area contributed by atoms with E-state index >= 15 is 0 Å². The number of carbonyl (C=O) groups is 1. The molecule has 3 rings (SSSR count). The van der Waals surface area contributed by atoms with Gasteiger partial charge in [0.1, 0.15) is 11.6 Å². The topological polar surface area (TPSA) is 38.3 Å². The van der Waals surface area contributed by atoms with Crippen LogP contribution in [-0.4, -0.2) is 12.5 Å². The summed E-state index contributed by atoms with van der Waals surface area (Å²) < 4.78 is 18.7. The molecule has 1 heterocycles. The predicted octanol–water partition coefficient (Wildman–Crippen LogP) is 3.72. The fourth-order valence-electron chi connectivity index (χ4n) is 2.30. The summed E-state index contributed by atoms with van der Waals surface area (Å²) in [7, 11) is 0. The van der Waals surface area contributed by atoms with E-state index in [4.69, 9.17) is 4.74 Å². The van der Waals surface area contributed by atoms with Gasteiger partial charge in [-0.15, -0.1) is 0 Å². The second kappa shape index (κ2) is 5.40. The highest BCUT2D eigenvalue weighted by Crippen LogP contribution is 2.33. The number of rotatable bonds is 3. The summed E-state index contributed by atoms with van der Waals surface area (Å²) in [5, 5.41) is 2.73. The van der Waals surface area contributed by atoms with Crippen molar-refractivity contribution < 1.29 is 13.9 Å². The average Bonchev–Trinajstić information content (AvgIpc) is 2.77. The largest absolute Gasteiger partial charge is 0.494 e. The Morgan fingerprint density at radius 3 is 2.67 bits per heavy atom. The number of anilines is 1. The predicted molar refractivity (Wildman–Crippen MR) is 80.5 cm³/mol. The van der Waals surface area contributed by atoms with Crippen LogP contribution in [0, 0.1) is 5.82 Å². The molecule has 0 radical (unpaired) electrons. The fraction of sp³-hybridized carbons (Fsp3) is 0.118. The second-order valence-electron chi connectivity index (χ2n) is 4.70. The monoisotopic (exact) mass is 283 g/mol. The summed E-state index contributed by atoms with van der Waals surface area (Å²) in [5.41, 5.74) is 2.56. The van der Waals surface area contributed by atoms with Crippen LogP contribution in [0.4, 0.5) is 10.1 Å². The Kier molecular flexibility index (Phi) is 3.44. The highest BCUT2D eigenvalue weighted by molar-refractivity contribution is 6.34. The highest BCUT2D eigenvalue weighted by Gasteiger charge is 2.24. The van der Waals surface area contributed by atoms with E-state index in [1.54, 1.807) is 12.1 Å². The highest BCUT2D eigenvalue weighted by atomic mass is 19.1. The van der Waals surface area contributed by atoms with Crippen molar-refractivity contribution in [2.75, 3.05) is 11.9 Å². The zero-order valence-corrected chi connectivity index (χ0v) is 11.5. The van der Waals surface area contributed by atoms with Crippen molar-refractivity contribution in [3.8, 4) is 5.75 Å². The molecule has 0 aromatic heterocycles. The van der Waals surface area contributed by atoms with Gasteiger partial charge in [0.05, 0.1) is 6.61 Å². The lowest BCUT2D eigenvalue weighted by molar-refractivity contribution is -0.110. The zero-order valence-electron chi connectivity index (χ0n) is 11.5. The maximum absolute atomic E-state index is 13.4. The van der Waals surface area contributed by atoms with Crippen LogP contribution in [0.15, 0.2) is 42.5 Å². The first-order chi connectivity index (χ1) is 10.2. The molecule has 4 heteroatoms.